The monoisotopic (exact) mass is 190 g/mol. The van der Waals surface area contributed by atoms with E-state index >= 15 is 0 Å². The number of pyridine rings is 1. The normalized spacial score (nSPS) is 23.6. The Bertz CT molecular complexity index is 271. The molecule has 2 heterocycles. The maximum absolute atomic E-state index is 4.14. The van der Waals surface area contributed by atoms with Crippen LogP contribution in [0.15, 0.2) is 24.5 Å². The van der Waals surface area contributed by atoms with Gasteiger partial charge in [0.05, 0.1) is 0 Å². The highest BCUT2D eigenvalue weighted by atomic mass is 15.1. The summed E-state index contributed by atoms with van der Waals surface area (Å²) in [5.74, 6) is 0.862. The maximum Gasteiger partial charge on any atom is 0.0312 e. The summed E-state index contributed by atoms with van der Waals surface area (Å²) in [6.07, 6.45) is 6.55. The molecule has 1 aliphatic rings. The van der Waals surface area contributed by atoms with Crippen molar-refractivity contribution >= 4 is 0 Å². The van der Waals surface area contributed by atoms with E-state index in [1.807, 2.05) is 18.5 Å². The number of rotatable bonds is 2. The first kappa shape index (κ1) is 9.66. The van der Waals surface area contributed by atoms with Crippen LogP contribution in [0, 0.1) is 5.92 Å². The van der Waals surface area contributed by atoms with E-state index in [1.54, 1.807) is 0 Å². The summed E-state index contributed by atoms with van der Waals surface area (Å²) in [5.41, 5.74) is 1.33. The SMILES string of the molecule is C[C@@H]1CCCN(Cc2cccnc2)C1. The van der Waals surface area contributed by atoms with Gasteiger partial charge in [-0.3, -0.25) is 9.88 Å². The number of nitrogens with zero attached hydrogens (tertiary/aromatic N) is 2. The van der Waals surface area contributed by atoms with E-state index in [0.717, 1.165) is 12.5 Å². The Hall–Kier alpha value is -0.890. The lowest BCUT2D eigenvalue weighted by atomic mass is 10.00. The van der Waals surface area contributed by atoms with Crippen LogP contribution in [0.4, 0.5) is 0 Å². The molecule has 0 aromatic carbocycles. The molecule has 76 valence electrons. The Morgan fingerprint density at radius 2 is 2.50 bits per heavy atom. The van der Waals surface area contributed by atoms with Crippen LogP contribution in [0.2, 0.25) is 0 Å². The van der Waals surface area contributed by atoms with Gasteiger partial charge in [-0.05, 0) is 36.9 Å². The lowest BCUT2D eigenvalue weighted by Gasteiger charge is -2.30. The van der Waals surface area contributed by atoms with Crippen molar-refractivity contribution in [1.29, 1.82) is 0 Å². The molecule has 0 saturated carbocycles. The number of piperidine rings is 1. The van der Waals surface area contributed by atoms with Gasteiger partial charge in [-0.1, -0.05) is 13.0 Å². The van der Waals surface area contributed by atoms with E-state index < -0.39 is 0 Å². The van der Waals surface area contributed by atoms with Crippen LogP contribution in [-0.4, -0.2) is 23.0 Å². The van der Waals surface area contributed by atoms with Crippen molar-refractivity contribution in [1.82, 2.24) is 9.88 Å². The van der Waals surface area contributed by atoms with Gasteiger partial charge in [0.25, 0.3) is 0 Å². The summed E-state index contributed by atoms with van der Waals surface area (Å²) >= 11 is 0. The molecule has 0 spiro atoms. The fourth-order valence-electron chi connectivity index (χ4n) is 2.18. The molecule has 0 unspecified atom stereocenters. The first-order valence-electron chi connectivity index (χ1n) is 5.46. The van der Waals surface area contributed by atoms with Crippen LogP contribution in [0.5, 0.6) is 0 Å². The first-order valence-corrected chi connectivity index (χ1v) is 5.46. The third-order valence-electron chi connectivity index (χ3n) is 2.87. The van der Waals surface area contributed by atoms with E-state index in [0.29, 0.717) is 0 Å². The minimum atomic E-state index is 0.862. The summed E-state index contributed by atoms with van der Waals surface area (Å²) in [4.78, 5) is 6.68. The van der Waals surface area contributed by atoms with Gasteiger partial charge in [0.15, 0.2) is 0 Å². The molecule has 0 amide bonds. The topological polar surface area (TPSA) is 16.1 Å². The summed E-state index contributed by atoms with van der Waals surface area (Å²) < 4.78 is 0. The third-order valence-corrected chi connectivity index (χ3v) is 2.87. The fourth-order valence-corrected chi connectivity index (χ4v) is 2.18. The predicted octanol–water partition coefficient (Wildman–Crippen LogP) is 2.31. The van der Waals surface area contributed by atoms with Crippen molar-refractivity contribution in [3.8, 4) is 0 Å². The minimum Gasteiger partial charge on any atom is -0.299 e. The average molecular weight is 190 g/mol. The van der Waals surface area contributed by atoms with Gasteiger partial charge >= 0.3 is 0 Å². The summed E-state index contributed by atoms with van der Waals surface area (Å²) in [7, 11) is 0. The fraction of sp³-hybridized carbons (Fsp3) is 0.583. The summed E-state index contributed by atoms with van der Waals surface area (Å²) in [6, 6.07) is 4.18. The number of hydrogen-bond acceptors (Lipinski definition) is 2. The van der Waals surface area contributed by atoms with Crippen molar-refractivity contribution in [3.63, 3.8) is 0 Å². The Labute approximate surface area is 86.0 Å². The van der Waals surface area contributed by atoms with E-state index in [2.05, 4.69) is 22.9 Å². The Balaban J connectivity index is 1.91. The molecule has 0 radical (unpaired) electrons. The van der Waals surface area contributed by atoms with Crippen LogP contribution in [-0.2, 0) is 6.54 Å². The molecule has 14 heavy (non-hydrogen) atoms. The average Bonchev–Trinajstić information content (AvgIpc) is 2.19. The van der Waals surface area contributed by atoms with Crippen molar-refractivity contribution in [3.05, 3.63) is 30.1 Å². The maximum atomic E-state index is 4.14. The zero-order valence-corrected chi connectivity index (χ0v) is 8.82. The van der Waals surface area contributed by atoms with E-state index in [1.165, 1.54) is 31.5 Å². The van der Waals surface area contributed by atoms with Gasteiger partial charge in [0.1, 0.15) is 0 Å². The predicted molar refractivity (Wildman–Crippen MR) is 57.9 cm³/mol. The van der Waals surface area contributed by atoms with Crippen molar-refractivity contribution in [2.75, 3.05) is 13.1 Å². The first-order chi connectivity index (χ1) is 6.84. The summed E-state index contributed by atoms with van der Waals surface area (Å²) in [5, 5.41) is 0. The molecule has 1 aromatic rings. The Kier molecular flexibility index (Phi) is 3.14. The van der Waals surface area contributed by atoms with Crippen molar-refractivity contribution in [2.45, 2.75) is 26.3 Å². The van der Waals surface area contributed by atoms with Gasteiger partial charge in [-0.2, -0.15) is 0 Å². The third kappa shape index (κ3) is 2.55. The Morgan fingerprint density at radius 3 is 3.21 bits per heavy atom. The second-order valence-electron chi connectivity index (χ2n) is 4.34. The summed E-state index contributed by atoms with van der Waals surface area (Å²) in [6.45, 7) is 5.90. The van der Waals surface area contributed by atoms with Crippen LogP contribution in [0.25, 0.3) is 0 Å². The van der Waals surface area contributed by atoms with E-state index in [4.69, 9.17) is 0 Å². The molecular formula is C12H18N2. The second kappa shape index (κ2) is 4.56. The van der Waals surface area contributed by atoms with Crippen LogP contribution < -0.4 is 0 Å². The number of aromatic nitrogens is 1. The molecule has 1 fully saturated rings. The van der Waals surface area contributed by atoms with Crippen LogP contribution in [0.1, 0.15) is 25.3 Å². The van der Waals surface area contributed by atoms with Crippen molar-refractivity contribution in [2.24, 2.45) is 5.92 Å². The largest absolute Gasteiger partial charge is 0.299 e. The molecule has 0 N–H and O–H groups in total. The highest BCUT2D eigenvalue weighted by Crippen LogP contribution is 2.17. The molecule has 0 bridgehead atoms. The zero-order valence-electron chi connectivity index (χ0n) is 8.82. The molecule has 0 aliphatic carbocycles. The number of hydrogen-bond donors (Lipinski definition) is 0. The van der Waals surface area contributed by atoms with E-state index in [-0.39, 0.29) is 0 Å². The number of likely N-dealkylation sites (tertiary alicyclic amines) is 1. The highest BCUT2D eigenvalue weighted by molar-refractivity contribution is 5.08. The molecule has 1 aromatic heterocycles. The zero-order chi connectivity index (χ0) is 9.80. The molecule has 2 heteroatoms. The van der Waals surface area contributed by atoms with Crippen LogP contribution >= 0.6 is 0 Å². The van der Waals surface area contributed by atoms with E-state index in [9.17, 15) is 0 Å². The van der Waals surface area contributed by atoms with Gasteiger partial charge in [-0.15, -0.1) is 0 Å². The van der Waals surface area contributed by atoms with Gasteiger partial charge in [0.2, 0.25) is 0 Å². The van der Waals surface area contributed by atoms with Crippen molar-refractivity contribution < 1.29 is 0 Å². The van der Waals surface area contributed by atoms with Gasteiger partial charge in [-0.25, -0.2) is 0 Å². The molecular weight excluding hydrogens is 172 g/mol. The highest BCUT2D eigenvalue weighted by Gasteiger charge is 2.15. The molecule has 1 saturated heterocycles. The molecule has 2 nitrogen and oxygen atoms in total. The molecule has 2 rings (SSSR count). The minimum absolute atomic E-state index is 0.862. The van der Waals surface area contributed by atoms with Gasteiger partial charge in [0, 0.05) is 25.5 Å². The lowest BCUT2D eigenvalue weighted by molar-refractivity contribution is 0.176. The van der Waals surface area contributed by atoms with Gasteiger partial charge < -0.3 is 0 Å². The van der Waals surface area contributed by atoms with Crippen LogP contribution in [0.3, 0.4) is 0 Å². The quantitative estimate of drug-likeness (QED) is 0.711. The standard InChI is InChI=1S/C12H18N2/c1-11-4-3-7-14(9-11)10-12-5-2-6-13-8-12/h2,5-6,8,11H,3-4,7,9-10H2,1H3/t11-/m1/s1. The smallest absolute Gasteiger partial charge is 0.0312 e. The lowest BCUT2D eigenvalue weighted by Crippen LogP contribution is -2.33. The Morgan fingerprint density at radius 1 is 1.57 bits per heavy atom. The molecule has 1 atom stereocenters. The molecule has 1 aliphatic heterocycles. The second-order valence-corrected chi connectivity index (χ2v) is 4.34.